The van der Waals surface area contributed by atoms with E-state index in [1.165, 1.54) is 0 Å². The minimum absolute atomic E-state index is 0.500. The summed E-state index contributed by atoms with van der Waals surface area (Å²) in [4.78, 5) is 0. The van der Waals surface area contributed by atoms with E-state index in [1.807, 2.05) is 0 Å². The SMILES string of the molecule is CCC(F)(F)C(F)(F)F.CF. The van der Waals surface area contributed by atoms with Gasteiger partial charge in [0.25, 0.3) is 0 Å². The molecule has 0 aliphatic rings. The van der Waals surface area contributed by atoms with Crippen LogP contribution in [0.5, 0.6) is 0 Å². The van der Waals surface area contributed by atoms with E-state index in [-0.39, 0.29) is 0 Å². The van der Waals surface area contributed by atoms with Gasteiger partial charge in [-0.1, -0.05) is 6.92 Å². The van der Waals surface area contributed by atoms with Crippen molar-refractivity contribution >= 4 is 0 Å². The Hall–Kier alpha value is -0.420. The van der Waals surface area contributed by atoms with Gasteiger partial charge >= 0.3 is 12.1 Å². The highest BCUT2D eigenvalue weighted by Gasteiger charge is 2.55. The number of hydrogen-bond acceptors (Lipinski definition) is 0. The van der Waals surface area contributed by atoms with E-state index in [0.29, 0.717) is 7.18 Å². The maximum absolute atomic E-state index is 11.5. The Labute approximate surface area is 60.2 Å². The Morgan fingerprint density at radius 3 is 1.18 bits per heavy atom. The van der Waals surface area contributed by atoms with Crippen LogP contribution in [-0.4, -0.2) is 19.3 Å². The van der Waals surface area contributed by atoms with Crippen molar-refractivity contribution in [3.8, 4) is 0 Å². The highest BCUT2D eigenvalue weighted by Crippen LogP contribution is 2.37. The molecule has 0 aliphatic carbocycles. The predicted molar refractivity (Wildman–Crippen MR) is 28.3 cm³/mol. The fourth-order valence-corrected chi connectivity index (χ4v) is 0.200. The molecule has 6 heteroatoms. The molecular weight excluding hydrogens is 174 g/mol. The Morgan fingerprint density at radius 1 is 0.909 bits per heavy atom. The van der Waals surface area contributed by atoms with Crippen molar-refractivity contribution in [2.24, 2.45) is 0 Å². The average Bonchev–Trinajstić information content (AvgIpc) is 1.90. The fraction of sp³-hybridized carbons (Fsp3) is 1.00. The molecule has 0 unspecified atom stereocenters. The minimum Gasteiger partial charge on any atom is -0.255 e. The van der Waals surface area contributed by atoms with Gasteiger partial charge in [0.1, 0.15) is 0 Å². The number of hydrogen-bond donors (Lipinski definition) is 0. The smallest absolute Gasteiger partial charge is 0.255 e. The Kier molecular flexibility index (Phi) is 5.34. The van der Waals surface area contributed by atoms with E-state index >= 15 is 0 Å². The van der Waals surface area contributed by atoms with Crippen LogP contribution in [0.1, 0.15) is 13.3 Å². The summed E-state index contributed by atoms with van der Waals surface area (Å²) in [5.41, 5.74) is 0. The fourth-order valence-electron chi connectivity index (χ4n) is 0.200. The van der Waals surface area contributed by atoms with Gasteiger partial charge in [0.05, 0.1) is 7.18 Å². The molecule has 0 heterocycles. The van der Waals surface area contributed by atoms with E-state index in [0.717, 1.165) is 6.92 Å². The second kappa shape index (κ2) is 4.46. The van der Waals surface area contributed by atoms with Gasteiger partial charge in [0.15, 0.2) is 0 Å². The molecule has 11 heavy (non-hydrogen) atoms. The Balaban J connectivity index is 0. The normalized spacial score (nSPS) is 12.0. The molecule has 0 radical (unpaired) electrons. The largest absolute Gasteiger partial charge is 0.453 e. The van der Waals surface area contributed by atoms with Crippen LogP contribution in [0.3, 0.4) is 0 Å². The third kappa shape index (κ3) is 4.10. The first-order chi connectivity index (χ1) is 4.81. The highest BCUT2D eigenvalue weighted by molar-refractivity contribution is 4.72. The monoisotopic (exact) mass is 182 g/mol. The van der Waals surface area contributed by atoms with Crippen LogP contribution in [0.4, 0.5) is 26.3 Å². The van der Waals surface area contributed by atoms with Crippen LogP contribution in [0.25, 0.3) is 0 Å². The minimum atomic E-state index is -5.39. The van der Waals surface area contributed by atoms with Gasteiger partial charge in [-0.05, 0) is 0 Å². The molecule has 0 N–H and O–H groups in total. The standard InChI is InChI=1S/C4H5F5.CH3F/c1-2-3(5,6)4(7,8)9;1-2/h2H2,1H3;1H3. The molecular formula is C5H8F6. The predicted octanol–water partition coefficient (Wildman–Crippen LogP) is 3.18. The van der Waals surface area contributed by atoms with Crippen molar-refractivity contribution in [1.82, 2.24) is 0 Å². The van der Waals surface area contributed by atoms with Gasteiger partial charge in [-0.3, -0.25) is 4.39 Å². The number of alkyl halides is 6. The molecule has 0 aromatic carbocycles. The van der Waals surface area contributed by atoms with Crippen LogP contribution >= 0.6 is 0 Å². The van der Waals surface area contributed by atoms with Crippen LogP contribution in [0.15, 0.2) is 0 Å². The first kappa shape index (κ1) is 13.2. The van der Waals surface area contributed by atoms with E-state index in [1.54, 1.807) is 0 Å². The number of rotatable bonds is 1. The quantitative estimate of drug-likeness (QED) is 0.546. The molecule has 0 saturated heterocycles. The molecule has 0 atom stereocenters. The zero-order valence-corrected chi connectivity index (χ0v) is 5.97. The van der Waals surface area contributed by atoms with E-state index in [4.69, 9.17) is 0 Å². The summed E-state index contributed by atoms with van der Waals surface area (Å²) < 4.78 is 65.8. The summed E-state index contributed by atoms with van der Waals surface area (Å²) in [6.07, 6.45) is -6.59. The molecule has 0 nitrogen and oxygen atoms in total. The maximum Gasteiger partial charge on any atom is 0.453 e. The molecule has 0 aromatic rings. The Bertz CT molecular complexity index is 93.6. The summed E-state index contributed by atoms with van der Waals surface area (Å²) in [7, 11) is 0.500. The molecule has 0 aromatic heterocycles. The topological polar surface area (TPSA) is 0 Å². The van der Waals surface area contributed by atoms with Gasteiger partial charge in [0.2, 0.25) is 0 Å². The first-order valence-electron chi connectivity index (χ1n) is 2.63. The van der Waals surface area contributed by atoms with Crippen molar-refractivity contribution in [1.29, 1.82) is 0 Å². The maximum atomic E-state index is 11.5. The lowest BCUT2D eigenvalue weighted by molar-refractivity contribution is -0.282. The van der Waals surface area contributed by atoms with Crippen molar-refractivity contribution < 1.29 is 26.3 Å². The lowest BCUT2D eigenvalue weighted by Crippen LogP contribution is -2.35. The highest BCUT2D eigenvalue weighted by atomic mass is 19.4. The molecule has 0 amide bonds. The molecule has 0 saturated carbocycles. The average molecular weight is 182 g/mol. The summed E-state index contributed by atoms with van der Waals surface area (Å²) >= 11 is 0. The van der Waals surface area contributed by atoms with Crippen molar-refractivity contribution in [2.75, 3.05) is 7.18 Å². The Morgan fingerprint density at radius 2 is 1.18 bits per heavy atom. The van der Waals surface area contributed by atoms with Gasteiger partial charge < -0.3 is 0 Å². The van der Waals surface area contributed by atoms with E-state index in [9.17, 15) is 26.3 Å². The first-order valence-corrected chi connectivity index (χ1v) is 2.63. The molecule has 0 rings (SSSR count). The van der Waals surface area contributed by atoms with Gasteiger partial charge in [-0.2, -0.15) is 22.0 Å². The van der Waals surface area contributed by atoms with Gasteiger partial charge in [0, 0.05) is 6.42 Å². The van der Waals surface area contributed by atoms with Gasteiger partial charge in [-0.25, -0.2) is 0 Å². The molecule has 0 bridgehead atoms. The molecule has 70 valence electrons. The van der Waals surface area contributed by atoms with Gasteiger partial charge in [-0.15, -0.1) is 0 Å². The summed E-state index contributed by atoms with van der Waals surface area (Å²) in [5, 5.41) is 0. The van der Waals surface area contributed by atoms with Crippen molar-refractivity contribution in [3.63, 3.8) is 0 Å². The van der Waals surface area contributed by atoms with E-state index < -0.39 is 18.5 Å². The summed E-state index contributed by atoms with van der Waals surface area (Å²) in [5.74, 6) is -4.52. The molecule has 0 aliphatic heterocycles. The zero-order chi connectivity index (χ0) is 9.71. The van der Waals surface area contributed by atoms with Crippen LogP contribution in [-0.2, 0) is 0 Å². The number of halogens is 6. The zero-order valence-electron chi connectivity index (χ0n) is 5.97. The summed E-state index contributed by atoms with van der Waals surface area (Å²) in [6, 6.07) is 0. The second-order valence-electron chi connectivity index (χ2n) is 1.56. The second-order valence-corrected chi connectivity index (χ2v) is 1.56. The van der Waals surface area contributed by atoms with Crippen LogP contribution < -0.4 is 0 Å². The van der Waals surface area contributed by atoms with Crippen LogP contribution in [0.2, 0.25) is 0 Å². The molecule has 0 fully saturated rings. The third-order valence-electron chi connectivity index (χ3n) is 0.859. The van der Waals surface area contributed by atoms with Crippen molar-refractivity contribution in [3.05, 3.63) is 0 Å². The molecule has 0 spiro atoms. The summed E-state index contributed by atoms with van der Waals surface area (Å²) in [6.45, 7) is 0.785. The van der Waals surface area contributed by atoms with Crippen molar-refractivity contribution in [2.45, 2.75) is 25.4 Å². The van der Waals surface area contributed by atoms with E-state index in [2.05, 4.69) is 0 Å². The van der Waals surface area contributed by atoms with Crippen LogP contribution in [0, 0.1) is 0 Å². The lowest BCUT2D eigenvalue weighted by Gasteiger charge is -2.16. The lowest BCUT2D eigenvalue weighted by atomic mass is 10.2. The third-order valence-corrected chi connectivity index (χ3v) is 0.859.